The predicted octanol–water partition coefficient (Wildman–Crippen LogP) is 3.83. The average Bonchev–Trinajstić information content (AvgIpc) is 2.59. The van der Waals surface area contributed by atoms with E-state index in [1.54, 1.807) is 6.07 Å². The third-order valence-corrected chi connectivity index (χ3v) is 9.67. The van der Waals surface area contributed by atoms with Gasteiger partial charge in [0.1, 0.15) is 6.04 Å². The van der Waals surface area contributed by atoms with Crippen LogP contribution in [0, 0.1) is 0 Å². The fourth-order valence-electron chi connectivity index (χ4n) is 2.34. The van der Waals surface area contributed by atoms with Gasteiger partial charge in [-0.1, -0.05) is 39.0 Å². The molecule has 0 saturated heterocycles. The van der Waals surface area contributed by atoms with Gasteiger partial charge in [0, 0.05) is 24.6 Å². The largest absolute Gasteiger partial charge is 0.480 e. The van der Waals surface area contributed by atoms with E-state index in [4.69, 9.17) is 4.43 Å². The summed E-state index contributed by atoms with van der Waals surface area (Å²) in [6.45, 7) is 10.9. The molecule has 0 spiro atoms. The molecule has 2 N–H and O–H groups in total. The molecule has 0 aliphatic rings. The van der Waals surface area contributed by atoms with Gasteiger partial charge in [0.2, 0.25) is 0 Å². The highest BCUT2D eigenvalue weighted by atomic mass is 28.4. The van der Waals surface area contributed by atoms with Crippen LogP contribution in [0.4, 0.5) is 0 Å². The molecule has 6 nitrogen and oxygen atoms in total. The van der Waals surface area contributed by atoms with Crippen molar-refractivity contribution in [1.29, 1.82) is 0 Å². The van der Waals surface area contributed by atoms with Gasteiger partial charge >= 0.3 is 5.97 Å². The number of rotatable bonds is 7. The summed E-state index contributed by atoms with van der Waals surface area (Å²) in [5.41, 5.74) is 1.12. The molecule has 7 heteroatoms. The van der Waals surface area contributed by atoms with Crippen molar-refractivity contribution in [3.05, 3.63) is 42.1 Å². The minimum absolute atomic E-state index is 0.0474. The Labute approximate surface area is 161 Å². The van der Waals surface area contributed by atoms with Crippen LogP contribution in [0.3, 0.4) is 0 Å². The number of pyridine rings is 1. The zero-order valence-corrected chi connectivity index (χ0v) is 17.6. The fourth-order valence-corrected chi connectivity index (χ4v) is 3.40. The van der Waals surface area contributed by atoms with Gasteiger partial charge in [-0.3, -0.25) is 9.78 Å². The lowest BCUT2D eigenvalue weighted by Gasteiger charge is -2.36. The van der Waals surface area contributed by atoms with Gasteiger partial charge in [-0.25, -0.2) is 4.79 Å². The van der Waals surface area contributed by atoms with Gasteiger partial charge in [-0.2, -0.15) is 0 Å². The van der Waals surface area contributed by atoms with E-state index >= 15 is 0 Å². The number of hydrogen-bond acceptors (Lipinski definition) is 4. The van der Waals surface area contributed by atoms with E-state index in [1.165, 1.54) is 6.20 Å². The number of aliphatic carboxylic acids is 1. The molecule has 1 heterocycles. The minimum atomic E-state index is -1.96. The molecular weight excluding hydrogens is 360 g/mol. The quantitative estimate of drug-likeness (QED) is 0.704. The molecule has 1 atom stereocenters. The molecule has 2 aromatic rings. The van der Waals surface area contributed by atoms with Crippen molar-refractivity contribution >= 4 is 31.1 Å². The van der Waals surface area contributed by atoms with E-state index in [1.807, 2.05) is 24.3 Å². The summed E-state index contributed by atoms with van der Waals surface area (Å²) in [4.78, 5) is 28.3. The lowest BCUT2D eigenvalue weighted by atomic mass is 10.1. The van der Waals surface area contributed by atoms with Gasteiger partial charge in [0.05, 0.1) is 11.1 Å². The number of carboxylic acids is 1. The Kier molecular flexibility index (Phi) is 6.38. The minimum Gasteiger partial charge on any atom is -0.480 e. The number of para-hydroxylation sites is 1. The number of aromatic nitrogens is 1. The van der Waals surface area contributed by atoms with Gasteiger partial charge in [0.15, 0.2) is 8.32 Å². The maximum atomic E-state index is 12.5. The molecule has 1 aromatic heterocycles. The number of nitrogens with zero attached hydrogens (tertiary/aromatic N) is 1. The molecule has 0 fully saturated rings. The van der Waals surface area contributed by atoms with E-state index in [0.29, 0.717) is 12.2 Å². The van der Waals surface area contributed by atoms with Crippen molar-refractivity contribution in [2.45, 2.75) is 51.4 Å². The molecule has 0 aliphatic heterocycles. The van der Waals surface area contributed by atoms with Crippen molar-refractivity contribution in [2.24, 2.45) is 0 Å². The summed E-state index contributed by atoms with van der Waals surface area (Å²) in [5.74, 6) is -1.52. The molecule has 1 amide bonds. The van der Waals surface area contributed by atoms with Crippen molar-refractivity contribution in [3.8, 4) is 0 Å². The molecule has 27 heavy (non-hydrogen) atoms. The van der Waals surface area contributed by atoms with Crippen LogP contribution in [0.15, 0.2) is 36.5 Å². The van der Waals surface area contributed by atoms with E-state index < -0.39 is 26.2 Å². The summed E-state index contributed by atoms with van der Waals surface area (Å²) < 4.78 is 6.03. The Morgan fingerprint density at radius 3 is 2.56 bits per heavy atom. The van der Waals surface area contributed by atoms with E-state index in [2.05, 4.69) is 44.2 Å². The second-order valence-corrected chi connectivity index (χ2v) is 13.0. The Morgan fingerprint density at radius 1 is 1.26 bits per heavy atom. The molecule has 0 unspecified atom stereocenters. The standard InChI is InChI=1S/C20H28N2O4Si/c1-20(2,3)27(4,5)26-11-10-17(19(24)25)22-18(23)15-12-14-8-6-7-9-16(14)21-13-15/h6-9,12-13,17H,10-11H2,1-5H3,(H,22,23)(H,24,25)/t17-/m0/s1. The van der Waals surface area contributed by atoms with Crippen LogP contribution in [0.5, 0.6) is 0 Å². The summed E-state index contributed by atoms with van der Waals surface area (Å²) in [7, 11) is -1.96. The number of carbonyl (C=O) groups is 2. The third-order valence-electron chi connectivity index (χ3n) is 5.13. The number of nitrogens with one attached hydrogen (secondary N) is 1. The van der Waals surface area contributed by atoms with Crippen LogP contribution in [0.2, 0.25) is 18.1 Å². The Hall–Kier alpha value is -2.25. The van der Waals surface area contributed by atoms with Crippen LogP contribution in [0.25, 0.3) is 10.9 Å². The van der Waals surface area contributed by atoms with Crippen LogP contribution < -0.4 is 5.32 Å². The van der Waals surface area contributed by atoms with Crippen LogP contribution in [0.1, 0.15) is 37.6 Å². The van der Waals surface area contributed by atoms with Crippen molar-refractivity contribution in [2.75, 3.05) is 6.61 Å². The van der Waals surface area contributed by atoms with Gasteiger partial charge in [-0.05, 0) is 30.3 Å². The highest BCUT2D eigenvalue weighted by Gasteiger charge is 2.37. The molecular formula is C20H28N2O4Si. The normalized spacial score (nSPS) is 13.4. The highest BCUT2D eigenvalue weighted by molar-refractivity contribution is 6.74. The van der Waals surface area contributed by atoms with Crippen LogP contribution in [-0.2, 0) is 9.22 Å². The molecule has 0 bridgehead atoms. The first-order chi connectivity index (χ1) is 12.5. The molecule has 2 rings (SSSR count). The molecule has 0 saturated carbocycles. The second-order valence-electron chi connectivity index (χ2n) is 8.18. The maximum absolute atomic E-state index is 12.5. The fraction of sp³-hybridized carbons (Fsp3) is 0.450. The molecule has 0 aliphatic carbocycles. The van der Waals surface area contributed by atoms with Crippen LogP contribution >= 0.6 is 0 Å². The number of amides is 1. The van der Waals surface area contributed by atoms with Gasteiger partial charge in [0.25, 0.3) is 5.91 Å². The highest BCUT2D eigenvalue weighted by Crippen LogP contribution is 2.36. The summed E-state index contributed by atoms with van der Waals surface area (Å²) in [6, 6.07) is 8.16. The molecule has 1 aromatic carbocycles. The average molecular weight is 389 g/mol. The monoisotopic (exact) mass is 388 g/mol. The van der Waals surface area contributed by atoms with Crippen LogP contribution in [-0.4, -0.2) is 42.9 Å². The van der Waals surface area contributed by atoms with Crippen molar-refractivity contribution < 1.29 is 19.1 Å². The van der Waals surface area contributed by atoms with E-state index in [-0.39, 0.29) is 11.5 Å². The zero-order valence-electron chi connectivity index (χ0n) is 16.6. The van der Waals surface area contributed by atoms with E-state index in [9.17, 15) is 14.7 Å². The van der Waals surface area contributed by atoms with Crippen molar-refractivity contribution in [1.82, 2.24) is 10.3 Å². The number of hydrogen-bond donors (Lipinski definition) is 2. The zero-order chi connectivity index (χ0) is 20.2. The first-order valence-corrected chi connectivity index (χ1v) is 11.9. The van der Waals surface area contributed by atoms with E-state index in [0.717, 1.165) is 10.9 Å². The first-order valence-electron chi connectivity index (χ1n) is 9.04. The summed E-state index contributed by atoms with van der Waals surface area (Å²) >= 11 is 0. The number of carbonyl (C=O) groups excluding carboxylic acids is 1. The topological polar surface area (TPSA) is 88.5 Å². The van der Waals surface area contributed by atoms with Gasteiger partial charge < -0.3 is 14.8 Å². The Balaban J connectivity index is 2.02. The number of benzene rings is 1. The predicted molar refractivity (Wildman–Crippen MR) is 108 cm³/mol. The van der Waals surface area contributed by atoms with Crippen molar-refractivity contribution in [3.63, 3.8) is 0 Å². The number of fused-ring (bicyclic) bond motifs is 1. The lowest BCUT2D eigenvalue weighted by molar-refractivity contribution is -0.139. The molecule has 146 valence electrons. The summed E-state index contributed by atoms with van der Waals surface area (Å²) in [6.07, 6.45) is 1.68. The lowest BCUT2D eigenvalue weighted by Crippen LogP contribution is -2.44. The Morgan fingerprint density at radius 2 is 1.93 bits per heavy atom. The third kappa shape index (κ3) is 5.37. The number of carboxylic acid groups (broad SMARTS) is 1. The first kappa shape index (κ1) is 21.1. The smallest absolute Gasteiger partial charge is 0.326 e. The second kappa shape index (κ2) is 8.18. The summed E-state index contributed by atoms with van der Waals surface area (Å²) in [5, 5.41) is 12.9. The SMILES string of the molecule is CC(C)(C)[Si](C)(C)OCC[C@H](NC(=O)c1cnc2ccccc2c1)C(=O)O. The van der Waals surface area contributed by atoms with Gasteiger partial charge in [-0.15, -0.1) is 0 Å². The Bertz CT molecular complexity index is 830. The maximum Gasteiger partial charge on any atom is 0.326 e. The molecule has 0 radical (unpaired) electrons.